The van der Waals surface area contributed by atoms with Crippen molar-refractivity contribution in [2.24, 2.45) is 0 Å². The van der Waals surface area contributed by atoms with Crippen LogP contribution in [0, 0.1) is 0 Å². The van der Waals surface area contributed by atoms with Crippen LogP contribution >= 0.6 is 0 Å². The standard InChI is InChI=1S/C16H22F3N3O/c1-11(12-5-3-6-13(9-12)16(17,18)19)20-15(23)21-14-7-4-8-22(2)10-14/h3,5-6,9,11,14H,4,7-8,10H2,1-2H3,(H2,20,21,23). The monoisotopic (exact) mass is 329 g/mol. The predicted molar refractivity (Wildman–Crippen MR) is 82.0 cm³/mol. The van der Waals surface area contributed by atoms with E-state index in [9.17, 15) is 18.0 Å². The maximum absolute atomic E-state index is 12.7. The highest BCUT2D eigenvalue weighted by atomic mass is 19.4. The van der Waals surface area contributed by atoms with E-state index in [1.165, 1.54) is 6.07 Å². The molecule has 1 aliphatic heterocycles. The normalized spacial score (nSPS) is 20.8. The number of carbonyl (C=O) groups is 1. The van der Waals surface area contributed by atoms with E-state index in [1.54, 1.807) is 13.0 Å². The van der Waals surface area contributed by atoms with Gasteiger partial charge < -0.3 is 15.5 Å². The van der Waals surface area contributed by atoms with Gasteiger partial charge in [-0.25, -0.2) is 4.79 Å². The third-order valence-corrected chi connectivity index (χ3v) is 4.02. The molecule has 0 aliphatic carbocycles. The second kappa shape index (κ2) is 7.21. The van der Waals surface area contributed by atoms with Crippen LogP contribution in [0.25, 0.3) is 0 Å². The molecule has 1 aromatic carbocycles. The second-order valence-corrected chi connectivity index (χ2v) is 6.06. The summed E-state index contributed by atoms with van der Waals surface area (Å²) in [6.07, 6.45) is -2.45. The van der Waals surface area contributed by atoms with E-state index in [4.69, 9.17) is 0 Å². The van der Waals surface area contributed by atoms with Gasteiger partial charge in [-0.15, -0.1) is 0 Å². The minimum atomic E-state index is -4.38. The molecule has 1 fully saturated rings. The molecule has 0 bridgehead atoms. The van der Waals surface area contributed by atoms with Crippen LogP contribution in [0.15, 0.2) is 24.3 Å². The van der Waals surface area contributed by atoms with E-state index < -0.39 is 17.8 Å². The Kier molecular flexibility index (Phi) is 5.51. The first-order chi connectivity index (χ1) is 10.8. The lowest BCUT2D eigenvalue weighted by Gasteiger charge is -2.30. The molecule has 2 atom stereocenters. The lowest BCUT2D eigenvalue weighted by Crippen LogP contribution is -2.49. The van der Waals surface area contributed by atoms with Crippen molar-refractivity contribution in [3.05, 3.63) is 35.4 Å². The zero-order valence-electron chi connectivity index (χ0n) is 13.3. The largest absolute Gasteiger partial charge is 0.416 e. The van der Waals surface area contributed by atoms with Crippen LogP contribution in [0.2, 0.25) is 0 Å². The van der Waals surface area contributed by atoms with Crippen molar-refractivity contribution in [3.8, 4) is 0 Å². The van der Waals surface area contributed by atoms with Gasteiger partial charge in [0, 0.05) is 12.6 Å². The van der Waals surface area contributed by atoms with Gasteiger partial charge in [0.25, 0.3) is 0 Å². The van der Waals surface area contributed by atoms with Gasteiger partial charge in [-0.1, -0.05) is 12.1 Å². The molecule has 2 unspecified atom stereocenters. The molecule has 1 aliphatic rings. The highest BCUT2D eigenvalue weighted by Crippen LogP contribution is 2.30. The molecule has 2 N–H and O–H groups in total. The average molecular weight is 329 g/mol. The molecule has 1 heterocycles. The van der Waals surface area contributed by atoms with Gasteiger partial charge >= 0.3 is 12.2 Å². The first kappa shape index (κ1) is 17.6. The van der Waals surface area contributed by atoms with E-state index in [1.807, 2.05) is 7.05 Å². The molecular formula is C16H22F3N3O. The lowest BCUT2D eigenvalue weighted by atomic mass is 10.0. The maximum atomic E-state index is 12.7. The Balaban J connectivity index is 1.93. The summed E-state index contributed by atoms with van der Waals surface area (Å²) in [7, 11) is 2.00. The summed E-state index contributed by atoms with van der Waals surface area (Å²) in [6, 6.07) is 4.24. The number of likely N-dealkylation sites (tertiary alicyclic amines) is 1. The number of hydrogen-bond donors (Lipinski definition) is 2. The Labute approximate surface area is 134 Å². The van der Waals surface area contributed by atoms with Crippen LogP contribution in [-0.2, 0) is 6.18 Å². The third-order valence-electron chi connectivity index (χ3n) is 4.02. The molecular weight excluding hydrogens is 307 g/mol. The van der Waals surface area contributed by atoms with E-state index >= 15 is 0 Å². The molecule has 0 radical (unpaired) electrons. The Morgan fingerprint density at radius 3 is 2.78 bits per heavy atom. The van der Waals surface area contributed by atoms with Crippen molar-refractivity contribution in [2.75, 3.05) is 20.1 Å². The van der Waals surface area contributed by atoms with Crippen LogP contribution in [0.3, 0.4) is 0 Å². The average Bonchev–Trinajstić information content (AvgIpc) is 2.46. The topological polar surface area (TPSA) is 44.4 Å². The van der Waals surface area contributed by atoms with Crippen LogP contribution in [0.5, 0.6) is 0 Å². The van der Waals surface area contributed by atoms with Crippen molar-refractivity contribution in [1.82, 2.24) is 15.5 Å². The minimum Gasteiger partial charge on any atom is -0.334 e. The number of amides is 2. The van der Waals surface area contributed by atoms with Gasteiger partial charge in [0.2, 0.25) is 0 Å². The molecule has 128 valence electrons. The molecule has 1 aromatic rings. The molecule has 1 saturated heterocycles. The first-order valence-electron chi connectivity index (χ1n) is 7.68. The smallest absolute Gasteiger partial charge is 0.334 e. The van der Waals surface area contributed by atoms with Gasteiger partial charge in [-0.3, -0.25) is 0 Å². The molecule has 2 amide bonds. The van der Waals surface area contributed by atoms with Crippen molar-refractivity contribution in [3.63, 3.8) is 0 Å². The van der Waals surface area contributed by atoms with Crippen molar-refractivity contribution < 1.29 is 18.0 Å². The third kappa shape index (κ3) is 5.13. The number of nitrogens with zero attached hydrogens (tertiary/aromatic N) is 1. The Bertz CT molecular complexity index is 548. The fourth-order valence-electron chi connectivity index (χ4n) is 2.78. The molecule has 7 heteroatoms. The molecule has 4 nitrogen and oxygen atoms in total. The summed E-state index contributed by atoms with van der Waals surface area (Å²) in [5.74, 6) is 0. The van der Waals surface area contributed by atoms with Gasteiger partial charge in [-0.05, 0) is 51.1 Å². The summed E-state index contributed by atoms with van der Waals surface area (Å²) in [5, 5.41) is 5.58. The quantitative estimate of drug-likeness (QED) is 0.895. The number of likely N-dealkylation sites (N-methyl/N-ethyl adjacent to an activating group) is 1. The highest BCUT2D eigenvalue weighted by Gasteiger charge is 2.30. The van der Waals surface area contributed by atoms with Crippen LogP contribution in [0.1, 0.15) is 36.9 Å². The second-order valence-electron chi connectivity index (χ2n) is 6.06. The zero-order valence-corrected chi connectivity index (χ0v) is 13.3. The van der Waals surface area contributed by atoms with E-state index in [2.05, 4.69) is 15.5 Å². The number of hydrogen-bond acceptors (Lipinski definition) is 2. The summed E-state index contributed by atoms with van der Waals surface area (Å²) >= 11 is 0. The van der Waals surface area contributed by atoms with E-state index in [0.717, 1.165) is 38.1 Å². The van der Waals surface area contributed by atoms with E-state index in [-0.39, 0.29) is 12.1 Å². The summed E-state index contributed by atoms with van der Waals surface area (Å²) in [5.41, 5.74) is -0.284. The van der Waals surface area contributed by atoms with Gasteiger partial charge in [0.05, 0.1) is 11.6 Å². The van der Waals surface area contributed by atoms with Gasteiger partial charge in [0.15, 0.2) is 0 Å². The number of alkyl halides is 3. The first-order valence-corrected chi connectivity index (χ1v) is 7.68. The van der Waals surface area contributed by atoms with Crippen LogP contribution < -0.4 is 10.6 Å². The highest BCUT2D eigenvalue weighted by molar-refractivity contribution is 5.74. The minimum absolute atomic E-state index is 0.0717. The van der Waals surface area contributed by atoms with Crippen molar-refractivity contribution in [2.45, 2.75) is 38.0 Å². The SMILES string of the molecule is CC(NC(=O)NC1CCCN(C)C1)c1cccc(C(F)(F)F)c1. The van der Waals surface area contributed by atoms with Gasteiger partial charge in [0.1, 0.15) is 0 Å². The van der Waals surface area contributed by atoms with E-state index in [0.29, 0.717) is 5.56 Å². The number of benzene rings is 1. The zero-order chi connectivity index (χ0) is 17.0. The number of carbonyl (C=O) groups excluding carboxylic acids is 1. The maximum Gasteiger partial charge on any atom is 0.416 e. The molecule has 0 spiro atoms. The fourth-order valence-corrected chi connectivity index (χ4v) is 2.78. The lowest BCUT2D eigenvalue weighted by molar-refractivity contribution is -0.137. The number of halogens is 3. The Morgan fingerprint density at radius 2 is 2.13 bits per heavy atom. The molecule has 23 heavy (non-hydrogen) atoms. The number of piperidine rings is 1. The Morgan fingerprint density at radius 1 is 1.39 bits per heavy atom. The summed E-state index contributed by atoms with van der Waals surface area (Å²) < 4.78 is 38.2. The van der Waals surface area contributed by atoms with Crippen LogP contribution in [0.4, 0.5) is 18.0 Å². The van der Waals surface area contributed by atoms with Crippen molar-refractivity contribution in [1.29, 1.82) is 0 Å². The number of nitrogens with one attached hydrogen (secondary N) is 2. The predicted octanol–water partition coefficient (Wildman–Crippen LogP) is 3.16. The molecule has 0 aromatic heterocycles. The fraction of sp³-hybridized carbons (Fsp3) is 0.562. The molecule has 2 rings (SSSR count). The summed E-state index contributed by atoms with van der Waals surface area (Å²) in [6.45, 7) is 3.47. The van der Waals surface area contributed by atoms with Crippen LogP contribution in [-0.4, -0.2) is 37.1 Å². The number of urea groups is 1. The van der Waals surface area contributed by atoms with Gasteiger partial charge in [-0.2, -0.15) is 13.2 Å². The van der Waals surface area contributed by atoms with Crippen molar-refractivity contribution >= 4 is 6.03 Å². The molecule has 0 saturated carbocycles. The Hall–Kier alpha value is -1.76. The number of rotatable bonds is 3. The summed E-state index contributed by atoms with van der Waals surface area (Å²) in [4.78, 5) is 14.2.